The third-order valence-corrected chi connectivity index (χ3v) is 3.04. The normalized spacial score (nSPS) is 12.3. The van der Waals surface area contributed by atoms with Crippen LogP contribution in [0.2, 0.25) is 0 Å². The van der Waals surface area contributed by atoms with Gasteiger partial charge in [-0.2, -0.15) is 0 Å². The maximum absolute atomic E-state index is 11.4. The molecule has 1 aromatic rings. The van der Waals surface area contributed by atoms with Gasteiger partial charge in [-0.3, -0.25) is 4.79 Å². The Balaban J connectivity index is 2.40. The molecule has 1 amide bonds. The molecule has 0 aliphatic rings. The Hall–Kier alpha value is -1.66. The number of carboxylic acid groups (broad SMARTS) is 1. The quantitative estimate of drug-likeness (QED) is 0.689. The van der Waals surface area contributed by atoms with E-state index in [0.717, 1.165) is 10.0 Å². The highest BCUT2D eigenvalue weighted by atomic mass is 79.9. The summed E-state index contributed by atoms with van der Waals surface area (Å²) < 4.78 is 0.875. The van der Waals surface area contributed by atoms with Crippen LogP contribution in [0.1, 0.15) is 12.0 Å². The van der Waals surface area contributed by atoms with Crippen LogP contribution in [0.3, 0.4) is 0 Å². The number of hydrogen-bond acceptors (Lipinski definition) is 3. The SMILES string of the molecule is O=C(/C=C/c1ccccc1Br)NCCC(O)C(=O)O. The molecule has 0 saturated heterocycles. The van der Waals surface area contributed by atoms with Gasteiger partial charge in [-0.1, -0.05) is 34.1 Å². The molecule has 6 heteroatoms. The number of aliphatic hydroxyl groups is 1. The summed E-state index contributed by atoms with van der Waals surface area (Å²) in [5.74, 6) is -1.63. The minimum Gasteiger partial charge on any atom is -0.479 e. The fourth-order valence-corrected chi connectivity index (χ4v) is 1.71. The Morgan fingerprint density at radius 2 is 2.05 bits per heavy atom. The van der Waals surface area contributed by atoms with Crippen LogP contribution in [-0.2, 0) is 9.59 Å². The lowest BCUT2D eigenvalue weighted by molar-refractivity contribution is -0.147. The van der Waals surface area contributed by atoms with Crippen molar-refractivity contribution in [3.05, 3.63) is 40.4 Å². The van der Waals surface area contributed by atoms with Gasteiger partial charge in [0.2, 0.25) is 5.91 Å². The van der Waals surface area contributed by atoms with Gasteiger partial charge >= 0.3 is 5.97 Å². The minimum atomic E-state index is -1.45. The van der Waals surface area contributed by atoms with Crippen molar-refractivity contribution < 1.29 is 19.8 Å². The Morgan fingerprint density at radius 3 is 2.68 bits per heavy atom. The number of benzene rings is 1. The molecule has 0 radical (unpaired) electrons. The lowest BCUT2D eigenvalue weighted by Gasteiger charge is -2.05. The van der Waals surface area contributed by atoms with Crippen molar-refractivity contribution >= 4 is 33.9 Å². The van der Waals surface area contributed by atoms with Gasteiger partial charge in [0.25, 0.3) is 0 Å². The number of aliphatic hydroxyl groups excluding tert-OH is 1. The van der Waals surface area contributed by atoms with E-state index in [1.807, 2.05) is 24.3 Å². The topological polar surface area (TPSA) is 86.6 Å². The lowest BCUT2D eigenvalue weighted by Crippen LogP contribution is -2.28. The maximum Gasteiger partial charge on any atom is 0.332 e. The van der Waals surface area contributed by atoms with Gasteiger partial charge in [-0.15, -0.1) is 0 Å². The Morgan fingerprint density at radius 1 is 1.37 bits per heavy atom. The fourth-order valence-electron chi connectivity index (χ4n) is 1.29. The molecule has 0 fully saturated rings. The van der Waals surface area contributed by atoms with Crippen LogP contribution in [-0.4, -0.2) is 34.7 Å². The van der Waals surface area contributed by atoms with E-state index in [1.165, 1.54) is 6.08 Å². The predicted molar refractivity (Wildman–Crippen MR) is 74.4 cm³/mol. The molecule has 1 rings (SSSR count). The second-order valence-corrected chi connectivity index (χ2v) is 4.64. The van der Waals surface area contributed by atoms with Crippen LogP contribution in [0.4, 0.5) is 0 Å². The summed E-state index contributed by atoms with van der Waals surface area (Å²) in [6.07, 6.45) is 1.53. The smallest absolute Gasteiger partial charge is 0.332 e. The molecular formula is C13H14BrNO4. The first-order valence-corrected chi connectivity index (χ1v) is 6.41. The molecule has 0 bridgehead atoms. The number of amides is 1. The van der Waals surface area contributed by atoms with Crippen molar-refractivity contribution in [2.24, 2.45) is 0 Å². The van der Waals surface area contributed by atoms with Crippen molar-refractivity contribution in [1.29, 1.82) is 0 Å². The molecule has 0 aliphatic carbocycles. The Bertz CT molecular complexity index is 487. The highest BCUT2D eigenvalue weighted by Crippen LogP contribution is 2.16. The zero-order valence-corrected chi connectivity index (χ0v) is 11.6. The fraction of sp³-hybridized carbons (Fsp3) is 0.231. The van der Waals surface area contributed by atoms with Gasteiger partial charge in [0.1, 0.15) is 0 Å². The third kappa shape index (κ3) is 5.67. The molecular weight excluding hydrogens is 314 g/mol. The van der Waals surface area contributed by atoms with Crippen LogP contribution >= 0.6 is 15.9 Å². The largest absolute Gasteiger partial charge is 0.479 e. The number of hydrogen-bond donors (Lipinski definition) is 3. The van der Waals surface area contributed by atoms with Crippen molar-refractivity contribution in [3.8, 4) is 0 Å². The summed E-state index contributed by atoms with van der Waals surface area (Å²) in [6, 6.07) is 7.43. The van der Waals surface area contributed by atoms with Crippen LogP contribution in [0.5, 0.6) is 0 Å². The summed E-state index contributed by atoms with van der Waals surface area (Å²) in [4.78, 5) is 21.8. The van der Waals surface area contributed by atoms with Gasteiger partial charge < -0.3 is 15.5 Å². The molecule has 102 valence electrons. The molecule has 0 aliphatic heterocycles. The van der Waals surface area contributed by atoms with Gasteiger partial charge in [-0.25, -0.2) is 4.79 Å². The molecule has 5 nitrogen and oxygen atoms in total. The van der Waals surface area contributed by atoms with E-state index in [-0.39, 0.29) is 18.9 Å². The number of carbonyl (C=O) groups is 2. The zero-order valence-electron chi connectivity index (χ0n) is 10.0. The molecule has 3 N–H and O–H groups in total. The first-order chi connectivity index (χ1) is 9.00. The average molecular weight is 328 g/mol. The number of nitrogens with one attached hydrogen (secondary N) is 1. The summed E-state index contributed by atoms with van der Waals surface area (Å²) in [5, 5.41) is 20.0. The molecule has 1 unspecified atom stereocenters. The second-order valence-electron chi connectivity index (χ2n) is 3.79. The zero-order chi connectivity index (χ0) is 14.3. The summed E-state index contributed by atoms with van der Waals surface area (Å²) in [6.45, 7) is 0.104. The van der Waals surface area contributed by atoms with Gasteiger partial charge in [0.05, 0.1) is 0 Å². The standard InChI is InChI=1S/C13H14BrNO4/c14-10-4-2-1-3-9(10)5-6-12(17)15-8-7-11(16)13(18)19/h1-6,11,16H,7-8H2,(H,15,17)(H,18,19)/b6-5+. The van der Waals surface area contributed by atoms with Gasteiger partial charge in [0.15, 0.2) is 6.10 Å². The number of aliphatic carboxylic acids is 1. The molecule has 19 heavy (non-hydrogen) atoms. The van der Waals surface area contributed by atoms with Gasteiger partial charge in [-0.05, 0) is 17.7 Å². The van der Waals surface area contributed by atoms with Gasteiger partial charge in [0, 0.05) is 23.5 Å². The first-order valence-electron chi connectivity index (χ1n) is 5.62. The number of rotatable bonds is 6. The molecule has 0 heterocycles. The van der Waals surface area contributed by atoms with Crippen molar-refractivity contribution in [3.63, 3.8) is 0 Å². The van der Waals surface area contributed by atoms with E-state index in [4.69, 9.17) is 10.2 Å². The molecule has 0 spiro atoms. The number of carboxylic acids is 1. The van der Waals surface area contributed by atoms with Crippen molar-refractivity contribution in [1.82, 2.24) is 5.32 Å². The van der Waals surface area contributed by atoms with E-state index in [1.54, 1.807) is 6.08 Å². The van der Waals surface area contributed by atoms with Crippen molar-refractivity contribution in [2.45, 2.75) is 12.5 Å². The van der Waals surface area contributed by atoms with Crippen LogP contribution < -0.4 is 5.32 Å². The average Bonchev–Trinajstić information content (AvgIpc) is 2.37. The highest BCUT2D eigenvalue weighted by Gasteiger charge is 2.12. The molecule has 0 saturated carbocycles. The number of halogens is 1. The van der Waals surface area contributed by atoms with Crippen LogP contribution in [0.25, 0.3) is 6.08 Å². The van der Waals surface area contributed by atoms with E-state index in [2.05, 4.69) is 21.2 Å². The van der Waals surface area contributed by atoms with Crippen molar-refractivity contribution in [2.75, 3.05) is 6.54 Å². The first kappa shape index (κ1) is 15.4. The maximum atomic E-state index is 11.4. The van der Waals surface area contributed by atoms with E-state index < -0.39 is 12.1 Å². The summed E-state index contributed by atoms with van der Waals surface area (Å²) in [5.41, 5.74) is 0.864. The second kappa shape index (κ2) is 7.70. The minimum absolute atomic E-state index is 0.0239. The Kier molecular flexibility index (Phi) is 6.24. The molecule has 1 atom stereocenters. The summed E-state index contributed by atoms with van der Waals surface area (Å²) >= 11 is 3.35. The number of carbonyl (C=O) groups excluding carboxylic acids is 1. The van der Waals surface area contributed by atoms with E-state index in [0.29, 0.717) is 0 Å². The van der Waals surface area contributed by atoms with Crippen LogP contribution in [0.15, 0.2) is 34.8 Å². The molecule has 1 aromatic carbocycles. The Labute approximate surface area is 119 Å². The monoisotopic (exact) mass is 327 g/mol. The van der Waals surface area contributed by atoms with E-state index in [9.17, 15) is 9.59 Å². The lowest BCUT2D eigenvalue weighted by atomic mass is 10.2. The molecule has 0 aromatic heterocycles. The predicted octanol–water partition coefficient (Wildman–Crippen LogP) is 1.41. The van der Waals surface area contributed by atoms with E-state index >= 15 is 0 Å². The summed E-state index contributed by atoms with van der Waals surface area (Å²) in [7, 11) is 0. The highest BCUT2D eigenvalue weighted by molar-refractivity contribution is 9.10. The third-order valence-electron chi connectivity index (χ3n) is 2.32. The van der Waals surface area contributed by atoms with Crippen LogP contribution in [0, 0.1) is 0 Å².